The summed E-state index contributed by atoms with van der Waals surface area (Å²) in [7, 11) is 3.61. The number of hydrogen-bond acceptors (Lipinski definition) is 4. The standard InChI is InChI=1S/C21H28N4O3/c1-5-24(6-2)15-17-10-8-7-9-16(17)14-22-21(26)19-13-18(25(27)28)11-12-20(19)23(3)4/h7-13H,5-6,14-15H2,1-4H3,(H,22,26)/p+1. The van der Waals surface area contributed by atoms with E-state index in [0.717, 1.165) is 25.2 Å². The molecule has 0 aliphatic heterocycles. The molecule has 0 radical (unpaired) electrons. The van der Waals surface area contributed by atoms with Crippen molar-refractivity contribution in [2.24, 2.45) is 0 Å². The van der Waals surface area contributed by atoms with Crippen LogP contribution in [-0.4, -0.2) is 38.0 Å². The quantitative estimate of drug-likeness (QED) is 0.511. The molecule has 7 heteroatoms. The van der Waals surface area contributed by atoms with Gasteiger partial charge in [0.15, 0.2) is 0 Å². The lowest BCUT2D eigenvalue weighted by Crippen LogP contribution is -3.10. The molecule has 1 amide bonds. The molecule has 0 aliphatic carbocycles. The first kappa shape index (κ1) is 21.4. The predicted molar refractivity (Wildman–Crippen MR) is 111 cm³/mol. The molecule has 0 atom stereocenters. The molecule has 0 unspecified atom stereocenters. The minimum atomic E-state index is -0.488. The normalized spacial score (nSPS) is 10.8. The van der Waals surface area contributed by atoms with Gasteiger partial charge in [-0.2, -0.15) is 0 Å². The van der Waals surface area contributed by atoms with Gasteiger partial charge in [0.1, 0.15) is 6.54 Å². The van der Waals surface area contributed by atoms with Crippen LogP contribution in [0.4, 0.5) is 11.4 Å². The molecule has 2 aromatic carbocycles. The summed E-state index contributed by atoms with van der Waals surface area (Å²) in [6, 6.07) is 12.4. The van der Waals surface area contributed by atoms with Crippen LogP contribution < -0.4 is 15.1 Å². The molecule has 2 rings (SSSR count). The van der Waals surface area contributed by atoms with Gasteiger partial charge in [0.25, 0.3) is 11.6 Å². The van der Waals surface area contributed by atoms with Crippen LogP contribution in [0.5, 0.6) is 0 Å². The predicted octanol–water partition coefficient (Wildman–Crippen LogP) is 2.02. The van der Waals surface area contributed by atoms with Crippen LogP contribution in [-0.2, 0) is 13.1 Å². The molecule has 2 N–H and O–H groups in total. The van der Waals surface area contributed by atoms with E-state index in [2.05, 4.69) is 25.2 Å². The van der Waals surface area contributed by atoms with Crippen molar-refractivity contribution in [2.75, 3.05) is 32.1 Å². The second-order valence-electron chi connectivity index (χ2n) is 6.94. The highest BCUT2D eigenvalue weighted by atomic mass is 16.6. The van der Waals surface area contributed by atoms with Gasteiger partial charge >= 0.3 is 0 Å². The third-order valence-electron chi connectivity index (χ3n) is 4.92. The van der Waals surface area contributed by atoms with Crippen LogP contribution in [0, 0.1) is 10.1 Å². The largest absolute Gasteiger partial charge is 0.377 e. The second kappa shape index (κ2) is 9.85. The van der Waals surface area contributed by atoms with Crippen molar-refractivity contribution < 1.29 is 14.6 Å². The van der Waals surface area contributed by atoms with Crippen LogP contribution in [0.15, 0.2) is 42.5 Å². The first-order valence-electron chi connectivity index (χ1n) is 9.51. The Morgan fingerprint density at radius 1 is 1.11 bits per heavy atom. The summed E-state index contributed by atoms with van der Waals surface area (Å²) in [5.41, 5.74) is 3.11. The maximum Gasteiger partial charge on any atom is 0.270 e. The summed E-state index contributed by atoms with van der Waals surface area (Å²) >= 11 is 0. The number of hydrogen-bond donors (Lipinski definition) is 2. The zero-order valence-electron chi connectivity index (χ0n) is 17.0. The third-order valence-corrected chi connectivity index (χ3v) is 4.92. The summed E-state index contributed by atoms with van der Waals surface area (Å²) < 4.78 is 0. The van der Waals surface area contributed by atoms with E-state index < -0.39 is 4.92 Å². The van der Waals surface area contributed by atoms with E-state index in [1.807, 2.05) is 18.2 Å². The molecule has 28 heavy (non-hydrogen) atoms. The molecular formula is C21H29N4O3+. The van der Waals surface area contributed by atoms with E-state index in [1.54, 1.807) is 25.1 Å². The number of amides is 1. The molecule has 0 spiro atoms. The first-order chi connectivity index (χ1) is 13.4. The van der Waals surface area contributed by atoms with Crippen molar-refractivity contribution in [2.45, 2.75) is 26.9 Å². The highest BCUT2D eigenvalue weighted by molar-refractivity contribution is 6.00. The molecule has 7 nitrogen and oxygen atoms in total. The number of rotatable bonds is 9. The van der Waals surface area contributed by atoms with Gasteiger partial charge in [-0.25, -0.2) is 0 Å². The van der Waals surface area contributed by atoms with E-state index in [1.165, 1.54) is 22.6 Å². The number of nitro benzene ring substituents is 1. The van der Waals surface area contributed by atoms with Crippen LogP contribution in [0.25, 0.3) is 0 Å². The fourth-order valence-corrected chi connectivity index (χ4v) is 3.15. The Morgan fingerprint density at radius 2 is 1.75 bits per heavy atom. The van der Waals surface area contributed by atoms with Gasteiger partial charge in [0.2, 0.25) is 0 Å². The van der Waals surface area contributed by atoms with Crippen molar-refractivity contribution in [3.8, 4) is 0 Å². The van der Waals surface area contributed by atoms with Crippen molar-refractivity contribution in [1.29, 1.82) is 0 Å². The number of anilines is 1. The highest BCUT2D eigenvalue weighted by Gasteiger charge is 2.18. The number of carbonyl (C=O) groups is 1. The number of quaternary nitrogens is 1. The summed E-state index contributed by atoms with van der Waals surface area (Å²) in [4.78, 5) is 26.6. The zero-order chi connectivity index (χ0) is 20.7. The summed E-state index contributed by atoms with van der Waals surface area (Å²) in [6.45, 7) is 7.68. The summed E-state index contributed by atoms with van der Waals surface area (Å²) in [5.74, 6) is -0.322. The Bertz CT molecular complexity index is 832. The van der Waals surface area contributed by atoms with Crippen LogP contribution >= 0.6 is 0 Å². The van der Waals surface area contributed by atoms with E-state index in [9.17, 15) is 14.9 Å². The van der Waals surface area contributed by atoms with Crippen LogP contribution in [0.3, 0.4) is 0 Å². The van der Waals surface area contributed by atoms with Gasteiger partial charge in [0, 0.05) is 44.0 Å². The SMILES string of the molecule is CC[NH+](CC)Cc1ccccc1CNC(=O)c1cc([N+](=O)[O-])ccc1N(C)C. The summed E-state index contributed by atoms with van der Waals surface area (Å²) in [5, 5.41) is 14.0. The first-order valence-corrected chi connectivity index (χ1v) is 9.51. The summed E-state index contributed by atoms with van der Waals surface area (Å²) in [6.07, 6.45) is 0. The minimum absolute atomic E-state index is 0.0960. The molecule has 0 heterocycles. The van der Waals surface area contributed by atoms with Crippen molar-refractivity contribution in [1.82, 2.24) is 5.32 Å². The van der Waals surface area contributed by atoms with Gasteiger partial charge < -0.3 is 15.1 Å². The molecule has 0 aliphatic rings. The van der Waals surface area contributed by atoms with Gasteiger partial charge in [-0.15, -0.1) is 0 Å². The topological polar surface area (TPSA) is 79.9 Å². The molecule has 0 aromatic heterocycles. The fourth-order valence-electron chi connectivity index (χ4n) is 3.15. The molecule has 0 fully saturated rings. The van der Waals surface area contributed by atoms with Crippen molar-refractivity contribution >= 4 is 17.3 Å². The molecule has 0 saturated heterocycles. The number of nitrogens with zero attached hydrogens (tertiary/aromatic N) is 2. The lowest BCUT2D eigenvalue weighted by atomic mass is 10.1. The van der Waals surface area contributed by atoms with Gasteiger partial charge in [-0.3, -0.25) is 14.9 Å². The number of nitro groups is 1. The monoisotopic (exact) mass is 385 g/mol. The molecular weight excluding hydrogens is 356 g/mol. The number of non-ortho nitro benzene ring substituents is 1. The smallest absolute Gasteiger partial charge is 0.270 e. The maximum atomic E-state index is 12.8. The Kier molecular flexibility index (Phi) is 7.52. The average Bonchev–Trinajstić information content (AvgIpc) is 2.70. The van der Waals surface area contributed by atoms with Crippen molar-refractivity contribution in [3.63, 3.8) is 0 Å². The molecule has 150 valence electrons. The van der Waals surface area contributed by atoms with E-state index in [-0.39, 0.29) is 11.6 Å². The Hall–Kier alpha value is -2.93. The lowest BCUT2D eigenvalue weighted by Gasteiger charge is -2.19. The number of benzene rings is 2. The third kappa shape index (κ3) is 5.29. The van der Waals surface area contributed by atoms with E-state index >= 15 is 0 Å². The van der Waals surface area contributed by atoms with Crippen LogP contribution in [0.2, 0.25) is 0 Å². The molecule has 0 bridgehead atoms. The molecule has 0 saturated carbocycles. The van der Waals surface area contributed by atoms with Crippen molar-refractivity contribution in [3.05, 3.63) is 69.3 Å². The van der Waals surface area contributed by atoms with Gasteiger partial charge in [-0.1, -0.05) is 24.3 Å². The zero-order valence-corrected chi connectivity index (χ0v) is 17.0. The van der Waals surface area contributed by atoms with Gasteiger partial charge in [-0.05, 0) is 25.5 Å². The number of nitrogens with one attached hydrogen (secondary N) is 2. The Balaban J connectivity index is 2.21. The minimum Gasteiger partial charge on any atom is -0.377 e. The highest BCUT2D eigenvalue weighted by Crippen LogP contribution is 2.24. The van der Waals surface area contributed by atoms with Crippen LogP contribution in [0.1, 0.15) is 35.3 Å². The Morgan fingerprint density at radius 3 is 2.32 bits per heavy atom. The Labute approximate surface area is 166 Å². The van der Waals surface area contributed by atoms with E-state index in [0.29, 0.717) is 17.8 Å². The lowest BCUT2D eigenvalue weighted by molar-refractivity contribution is -0.910. The average molecular weight is 385 g/mol. The fraction of sp³-hybridized carbons (Fsp3) is 0.381. The second-order valence-corrected chi connectivity index (χ2v) is 6.94. The van der Waals surface area contributed by atoms with Gasteiger partial charge in [0.05, 0.1) is 23.6 Å². The number of carbonyl (C=O) groups excluding carboxylic acids is 1. The molecule has 2 aromatic rings. The maximum absolute atomic E-state index is 12.8. The van der Waals surface area contributed by atoms with E-state index in [4.69, 9.17) is 0 Å².